The van der Waals surface area contributed by atoms with Crippen LogP contribution in [0.2, 0.25) is 0 Å². The van der Waals surface area contributed by atoms with Crippen molar-refractivity contribution < 1.29 is 9.13 Å². The molecule has 0 bridgehead atoms. The Morgan fingerprint density at radius 3 is 2.29 bits per heavy atom. The van der Waals surface area contributed by atoms with Gasteiger partial charge in [-0.1, -0.05) is 0 Å². The average molecular weight is 417 g/mol. The van der Waals surface area contributed by atoms with Crippen LogP contribution in [0.15, 0.2) is 79.4 Å². The van der Waals surface area contributed by atoms with Gasteiger partial charge in [-0.15, -0.1) is 0 Å². The first kappa shape index (κ1) is 20.8. The molecule has 0 amide bonds. The monoisotopic (exact) mass is 416 g/mol. The predicted octanol–water partition coefficient (Wildman–Crippen LogP) is 5.07. The summed E-state index contributed by atoms with van der Waals surface area (Å²) in [6, 6.07) is 18.3. The number of pyridine rings is 1. The Bertz CT molecular complexity index is 1110. The molecule has 0 aliphatic heterocycles. The Labute approximate surface area is 181 Å². The number of ether oxygens (including phenoxy) is 1. The van der Waals surface area contributed by atoms with Crippen molar-refractivity contribution >= 4 is 0 Å². The number of rotatable bonds is 8. The zero-order valence-corrected chi connectivity index (χ0v) is 17.7. The second-order valence-corrected chi connectivity index (χ2v) is 7.55. The van der Waals surface area contributed by atoms with E-state index in [2.05, 4.69) is 29.0 Å². The van der Waals surface area contributed by atoms with Crippen LogP contribution in [0.25, 0.3) is 28.2 Å². The minimum Gasteiger partial charge on any atom is -0.494 e. The van der Waals surface area contributed by atoms with Gasteiger partial charge in [-0.25, -0.2) is 9.37 Å². The third-order valence-corrected chi connectivity index (χ3v) is 4.97. The van der Waals surface area contributed by atoms with Crippen LogP contribution in [-0.4, -0.2) is 46.7 Å². The molecule has 158 valence electrons. The van der Waals surface area contributed by atoms with Crippen LogP contribution in [0.3, 0.4) is 0 Å². The molecule has 4 rings (SSSR count). The molecule has 0 unspecified atom stereocenters. The standard InChI is InChI=1S/C25H25FN4O/c1-29(2)16-3-17-31-23-10-8-22(9-11-23)30-18-28-24(19-4-6-21(26)7-5-19)25(30)20-12-14-27-15-13-20/h4-15,18H,3,16-17H2,1-2H3. The Kier molecular flexibility index (Phi) is 6.38. The molecular formula is C25H25FN4O. The molecule has 0 fully saturated rings. The third kappa shape index (κ3) is 4.98. The van der Waals surface area contributed by atoms with Crippen molar-refractivity contribution in [3.8, 4) is 34.0 Å². The number of imidazole rings is 1. The molecule has 2 heterocycles. The van der Waals surface area contributed by atoms with E-state index in [1.165, 1.54) is 12.1 Å². The van der Waals surface area contributed by atoms with Gasteiger partial charge in [0.05, 0.1) is 18.0 Å². The summed E-state index contributed by atoms with van der Waals surface area (Å²) in [4.78, 5) is 10.9. The number of hydrogen-bond acceptors (Lipinski definition) is 4. The summed E-state index contributed by atoms with van der Waals surface area (Å²) < 4.78 is 21.3. The molecule has 0 aliphatic rings. The summed E-state index contributed by atoms with van der Waals surface area (Å²) in [6.45, 7) is 1.67. The summed E-state index contributed by atoms with van der Waals surface area (Å²) >= 11 is 0. The topological polar surface area (TPSA) is 43.2 Å². The van der Waals surface area contributed by atoms with E-state index in [0.717, 1.165) is 46.9 Å². The van der Waals surface area contributed by atoms with Crippen molar-refractivity contribution in [1.29, 1.82) is 0 Å². The molecular weight excluding hydrogens is 391 g/mol. The van der Waals surface area contributed by atoms with Gasteiger partial charge < -0.3 is 9.64 Å². The summed E-state index contributed by atoms with van der Waals surface area (Å²) in [7, 11) is 4.11. The van der Waals surface area contributed by atoms with Crippen LogP contribution in [0.5, 0.6) is 5.75 Å². The van der Waals surface area contributed by atoms with Gasteiger partial charge in [0.15, 0.2) is 0 Å². The molecule has 0 N–H and O–H groups in total. The van der Waals surface area contributed by atoms with E-state index in [-0.39, 0.29) is 5.82 Å². The maximum absolute atomic E-state index is 13.4. The predicted molar refractivity (Wildman–Crippen MR) is 121 cm³/mol. The summed E-state index contributed by atoms with van der Waals surface area (Å²) in [6.07, 6.45) is 6.28. The normalized spacial score (nSPS) is 11.1. The molecule has 4 aromatic rings. The number of aromatic nitrogens is 3. The second kappa shape index (κ2) is 9.53. The van der Waals surface area contributed by atoms with Crippen LogP contribution in [0.1, 0.15) is 6.42 Å². The SMILES string of the molecule is CN(C)CCCOc1ccc(-n2cnc(-c3ccc(F)cc3)c2-c2ccncc2)cc1. The fourth-order valence-corrected chi connectivity index (χ4v) is 3.42. The summed E-state index contributed by atoms with van der Waals surface area (Å²) in [5.74, 6) is 0.571. The highest BCUT2D eigenvalue weighted by atomic mass is 19.1. The van der Waals surface area contributed by atoms with E-state index >= 15 is 0 Å². The highest BCUT2D eigenvalue weighted by Gasteiger charge is 2.16. The zero-order chi connectivity index (χ0) is 21.6. The Morgan fingerprint density at radius 1 is 0.903 bits per heavy atom. The van der Waals surface area contributed by atoms with Gasteiger partial charge in [0.25, 0.3) is 0 Å². The first-order chi connectivity index (χ1) is 15.1. The van der Waals surface area contributed by atoms with Gasteiger partial charge in [0.1, 0.15) is 17.9 Å². The lowest BCUT2D eigenvalue weighted by Crippen LogP contribution is -2.15. The molecule has 2 aromatic carbocycles. The number of nitrogens with zero attached hydrogens (tertiary/aromatic N) is 4. The van der Waals surface area contributed by atoms with E-state index < -0.39 is 0 Å². The molecule has 6 heteroatoms. The molecule has 0 saturated heterocycles. The van der Waals surface area contributed by atoms with E-state index in [4.69, 9.17) is 4.74 Å². The fraction of sp³-hybridized carbons (Fsp3) is 0.200. The maximum Gasteiger partial charge on any atom is 0.123 e. The Morgan fingerprint density at radius 2 is 1.61 bits per heavy atom. The van der Waals surface area contributed by atoms with E-state index in [9.17, 15) is 4.39 Å². The van der Waals surface area contributed by atoms with Crippen LogP contribution >= 0.6 is 0 Å². The number of benzene rings is 2. The highest BCUT2D eigenvalue weighted by Crippen LogP contribution is 2.33. The Hall–Kier alpha value is -3.51. The van der Waals surface area contributed by atoms with Crippen molar-refractivity contribution in [3.63, 3.8) is 0 Å². The highest BCUT2D eigenvalue weighted by molar-refractivity contribution is 5.79. The van der Waals surface area contributed by atoms with Gasteiger partial charge in [-0.3, -0.25) is 9.55 Å². The van der Waals surface area contributed by atoms with E-state index in [1.807, 2.05) is 41.0 Å². The van der Waals surface area contributed by atoms with Crippen molar-refractivity contribution in [2.75, 3.05) is 27.2 Å². The third-order valence-electron chi connectivity index (χ3n) is 4.97. The van der Waals surface area contributed by atoms with Gasteiger partial charge in [0.2, 0.25) is 0 Å². The van der Waals surface area contributed by atoms with Gasteiger partial charge in [-0.05, 0) is 81.2 Å². The molecule has 0 radical (unpaired) electrons. The zero-order valence-electron chi connectivity index (χ0n) is 17.7. The van der Waals surface area contributed by atoms with Crippen LogP contribution in [-0.2, 0) is 0 Å². The van der Waals surface area contributed by atoms with Gasteiger partial charge in [-0.2, -0.15) is 0 Å². The molecule has 0 atom stereocenters. The summed E-state index contributed by atoms with van der Waals surface area (Å²) in [5, 5.41) is 0. The lowest BCUT2D eigenvalue weighted by atomic mass is 10.1. The second-order valence-electron chi connectivity index (χ2n) is 7.55. The molecule has 0 spiro atoms. The maximum atomic E-state index is 13.4. The largest absolute Gasteiger partial charge is 0.494 e. The lowest BCUT2D eigenvalue weighted by molar-refractivity contribution is 0.281. The quantitative estimate of drug-likeness (QED) is 0.376. The molecule has 0 aliphatic carbocycles. The van der Waals surface area contributed by atoms with Crippen molar-refractivity contribution in [3.05, 3.63) is 85.2 Å². The van der Waals surface area contributed by atoms with Crippen molar-refractivity contribution in [2.45, 2.75) is 6.42 Å². The Balaban J connectivity index is 1.65. The van der Waals surface area contributed by atoms with Gasteiger partial charge in [0, 0.05) is 35.8 Å². The fourth-order valence-electron chi connectivity index (χ4n) is 3.42. The van der Waals surface area contributed by atoms with E-state index in [0.29, 0.717) is 6.61 Å². The lowest BCUT2D eigenvalue weighted by Gasteiger charge is -2.13. The smallest absolute Gasteiger partial charge is 0.123 e. The number of hydrogen-bond donors (Lipinski definition) is 0. The first-order valence-corrected chi connectivity index (χ1v) is 10.2. The molecule has 31 heavy (non-hydrogen) atoms. The van der Waals surface area contributed by atoms with Crippen molar-refractivity contribution in [1.82, 2.24) is 19.4 Å². The minimum atomic E-state index is -0.269. The van der Waals surface area contributed by atoms with Crippen LogP contribution < -0.4 is 4.74 Å². The molecule has 0 saturated carbocycles. The minimum absolute atomic E-state index is 0.269. The van der Waals surface area contributed by atoms with Crippen LogP contribution in [0.4, 0.5) is 4.39 Å². The molecule has 5 nitrogen and oxygen atoms in total. The number of halogens is 1. The van der Waals surface area contributed by atoms with Gasteiger partial charge >= 0.3 is 0 Å². The average Bonchev–Trinajstić information content (AvgIpc) is 3.23. The first-order valence-electron chi connectivity index (χ1n) is 10.2. The van der Waals surface area contributed by atoms with Crippen molar-refractivity contribution in [2.24, 2.45) is 0 Å². The molecule has 2 aromatic heterocycles. The summed E-state index contributed by atoms with van der Waals surface area (Å²) in [5.41, 5.74) is 4.51. The van der Waals surface area contributed by atoms with E-state index in [1.54, 1.807) is 30.9 Å². The van der Waals surface area contributed by atoms with Crippen LogP contribution in [0, 0.1) is 5.82 Å².